The van der Waals surface area contributed by atoms with Crippen molar-refractivity contribution < 1.29 is 28.1 Å². The van der Waals surface area contributed by atoms with Crippen molar-refractivity contribution in [1.82, 2.24) is 9.80 Å². The molecule has 4 fully saturated rings. The standard InChI is InChI=1S/2C20H29FN2O3/c2*1-14-11-16(20(23(24)25)13-19(14)21)12-15-7-9-22(10-8-15)17-3-5-18(26-2)6-4-17/h2*11,13,15,17-18H,3-10,12H2,1-2H3. The minimum atomic E-state index is -0.498. The molecule has 0 N–H and O–H groups in total. The minimum Gasteiger partial charge on any atom is -0.381 e. The smallest absolute Gasteiger partial charge is 0.275 e. The van der Waals surface area contributed by atoms with Crippen molar-refractivity contribution in [3.05, 3.63) is 78.4 Å². The number of benzene rings is 2. The third-order valence-corrected chi connectivity index (χ3v) is 12.4. The summed E-state index contributed by atoms with van der Waals surface area (Å²) in [6, 6.07) is 6.79. The molecule has 0 radical (unpaired) electrons. The molecule has 52 heavy (non-hydrogen) atoms. The second-order valence-electron chi connectivity index (χ2n) is 15.7. The lowest BCUT2D eigenvalue weighted by Gasteiger charge is -2.40. The van der Waals surface area contributed by atoms with Crippen LogP contribution < -0.4 is 0 Å². The van der Waals surface area contributed by atoms with E-state index in [4.69, 9.17) is 9.47 Å². The van der Waals surface area contributed by atoms with Gasteiger partial charge in [-0.3, -0.25) is 20.2 Å². The van der Waals surface area contributed by atoms with E-state index < -0.39 is 21.5 Å². The summed E-state index contributed by atoms with van der Waals surface area (Å²) in [6.45, 7) is 7.56. The number of piperidine rings is 2. The summed E-state index contributed by atoms with van der Waals surface area (Å²) in [6.07, 6.45) is 15.8. The Morgan fingerprint density at radius 2 is 0.923 bits per heavy atom. The first-order chi connectivity index (χ1) is 24.9. The maximum Gasteiger partial charge on any atom is 0.275 e. The molecule has 0 bridgehead atoms. The van der Waals surface area contributed by atoms with Crippen LogP contribution in [0.3, 0.4) is 0 Å². The van der Waals surface area contributed by atoms with E-state index in [0.717, 1.165) is 89.7 Å². The third-order valence-electron chi connectivity index (χ3n) is 12.4. The molecule has 2 saturated carbocycles. The van der Waals surface area contributed by atoms with E-state index in [0.29, 0.717) is 71.2 Å². The highest BCUT2D eigenvalue weighted by Crippen LogP contribution is 2.34. The number of methoxy groups -OCH3 is 2. The summed E-state index contributed by atoms with van der Waals surface area (Å²) in [4.78, 5) is 26.8. The fraction of sp³-hybridized carbons (Fsp3) is 0.700. The second-order valence-corrected chi connectivity index (χ2v) is 15.7. The van der Waals surface area contributed by atoms with Gasteiger partial charge < -0.3 is 19.3 Å². The van der Waals surface area contributed by atoms with Crippen molar-refractivity contribution in [2.24, 2.45) is 11.8 Å². The molecule has 6 rings (SSSR count). The highest BCUT2D eigenvalue weighted by Gasteiger charge is 2.32. The molecule has 2 heterocycles. The maximum atomic E-state index is 13.7. The Kier molecular flexibility index (Phi) is 14.5. The number of hydrogen-bond donors (Lipinski definition) is 0. The molecule has 0 atom stereocenters. The molecule has 2 aliphatic carbocycles. The molecule has 0 unspecified atom stereocenters. The normalized spacial score (nSPS) is 25.3. The van der Waals surface area contributed by atoms with Gasteiger partial charge in [0, 0.05) is 37.4 Å². The highest BCUT2D eigenvalue weighted by molar-refractivity contribution is 5.44. The zero-order valence-electron chi connectivity index (χ0n) is 31.5. The molecule has 0 amide bonds. The Balaban J connectivity index is 0.000000201. The molecule has 2 saturated heterocycles. The number of aryl methyl sites for hydroxylation is 2. The predicted molar refractivity (Wildman–Crippen MR) is 198 cm³/mol. The molecule has 2 aromatic carbocycles. The van der Waals surface area contributed by atoms with E-state index in [-0.39, 0.29) is 11.4 Å². The van der Waals surface area contributed by atoms with Crippen LogP contribution in [0.15, 0.2) is 24.3 Å². The summed E-state index contributed by atoms with van der Waals surface area (Å²) in [7, 11) is 3.60. The van der Waals surface area contributed by atoms with Gasteiger partial charge in [0.05, 0.1) is 34.2 Å². The van der Waals surface area contributed by atoms with Crippen LogP contribution in [0.4, 0.5) is 20.2 Å². The lowest BCUT2D eigenvalue weighted by atomic mass is 9.86. The first kappa shape index (κ1) is 40.1. The SMILES string of the molecule is COC1CCC(N2CCC(Cc3cc(C)c(F)cc3[N+](=O)[O-])CC2)CC1.COC1CCC(N2CCC(Cc3cc(C)c(F)cc3[N+](=O)[O-])CC2)CC1. The minimum absolute atomic E-state index is 0.0755. The van der Waals surface area contributed by atoms with Crippen molar-refractivity contribution in [3.8, 4) is 0 Å². The van der Waals surface area contributed by atoms with Gasteiger partial charge in [0.25, 0.3) is 11.4 Å². The van der Waals surface area contributed by atoms with E-state index in [9.17, 15) is 29.0 Å². The van der Waals surface area contributed by atoms with Gasteiger partial charge in [-0.05, 0) is 165 Å². The zero-order valence-corrected chi connectivity index (χ0v) is 31.5. The number of nitro benzene ring substituents is 2. The lowest BCUT2D eigenvalue weighted by Crippen LogP contribution is -2.44. The molecule has 2 aliphatic heterocycles. The predicted octanol–water partition coefficient (Wildman–Crippen LogP) is 8.51. The molecule has 4 aliphatic rings. The summed E-state index contributed by atoms with van der Waals surface area (Å²) < 4.78 is 38.3. The third kappa shape index (κ3) is 10.5. The summed E-state index contributed by atoms with van der Waals surface area (Å²) >= 11 is 0. The van der Waals surface area contributed by atoms with Crippen LogP contribution in [0.5, 0.6) is 0 Å². The van der Waals surface area contributed by atoms with Gasteiger partial charge in [-0.2, -0.15) is 0 Å². The summed E-state index contributed by atoms with van der Waals surface area (Å²) in [5, 5.41) is 22.5. The van der Waals surface area contributed by atoms with Crippen LogP contribution in [0.2, 0.25) is 0 Å². The molecule has 0 aromatic heterocycles. The molecule has 288 valence electrons. The van der Waals surface area contributed by atoms with E-state index in [1.54, 1.807) is 40.2 Å². The van der Waals surface area contributed by atoms with Crippen LogP contribution in [-0.4, -0.2) is 84.3 Å². The largest absolute Gasteiger partial charge is 0.381 e. The molecule has 12 heteroatoms. The van der Waals surface area contributed by atoms with Crippen LogP contribution in [-0.2, 0) is 22.3 Å². The molecule has 0 spiro atoms. The van der Waals surface area contributed by atoms with Gasteiger partial charge in [-0.1, -0.05) is 0 Å². The zero-order chi connectivity index (χ0) is 37.4. The van der Waals surface area contributed by atoms with Gasteiger partial charge in [0.1, 0.15) is 11.6 Å². The first-order valence-electron chi connectivity index (χ1n) is 19.4. The van der Waals surface area contributed by atoms with Gasteiger partial charge in [0.15, 0.2) is 0 Å². The van der Waals surface area contributed by atoms with E-state index in [1.165, 1.54) is 25.7 Å². The monoisotopic (exact) mass is 728 g/mol. The molecular formula is C40H58F2N4O6. The van der Waals surface area contributed by atoms with E-state index in [2.05, 4.69) is 9.80 Å². The van der Waals surface area contributed by atoms with E-state index >= 15 is 0 Å². The van der Waals surface area contributed by atoms with Gasteiger partial charge >= 0.3 is 0 Å². The number of ether oxygens (including phenoxy) is 2. The highest BCUT2D eigenvalue weighted by atomic mass is 19.1. The Bertz CT molecular complexity index is 1380. The number of halogens is 2. The Morgan fingerprint density at radius 3 is 1.21 bits per heavy atom. The molecule has 10 nitrogen and oxygen atoms in total. The van der Waals surface area contributed by atoms with Crippen molar-refractivity contribution in [2.45, 2.75) is 128 Å². The Labute approximate surface area is 307 Å². The average Bonchev–Trinajstić information content (AvgIpc) is 3.15. The fourth-order valence-electron chi connectivity index (χ4n) is 9.09. The first-order valence-corrected chi connectivity index (χ1v) is 19.4. The van der Waals surface area contributed by atoms with Gasteiger partial charge in [-0.15, -0.1) is 0 Å². The van der Waals surface area contributed by atoms with Crippen LogP contribution >= 0.6 is 0 Å². The number of rotatable bonds is 10. The molecule has 2 aromatic rings. The van der Waals surface area contributed by atoms with Crippen molar-refractivity contribution in [2.75, 3.05) is 40.4 Å². The number of nitrogens with zero attached hydrogens (tertiary/aromatic N) is 4. The topological polar surface area (TPSA) is 111 Å². The number of likely N-dealkylation sites (tertiary alicyclic amines) is 2. The van der Waals surface area contributed by atoms with Crippen LogP contribution in [0.25, 0.3) is 0 Å². The Hall–Kier alpha value is -3.06. The molecular weight excluding hydrogens is 670 g/mol. The lowest BCUT2D eigenvalue weighted by molar-refractivity contribution is -0.386. The summed E-state index contributed by atoms with van der Waals surface area (Å²) in [5.41, 5.74) is 2.17. The number of nitro groups is 2. The summed E-state index contributed by atoms with van der Waals surface area (Å²) in [5.74, 6) is -0.126. The Morgan fingerprint density at radius 1 is 0.596 bits per heavy atom. The number of hydrogen-bond acceptors (Lipinski definition) is 8. The van der Waals surface area contributed by atoms with Crippen LogP contribution in [0.1, 0.15) is 99.3 Å². The maximum absolute atomic E-state index is 13.7. The van der Waals surface area contributed by atoms with Crippen molar-refractivity contribution in [1.29, 1.82) is 0 Å². The van der Waals surface area contributed by atoms with Gasteiger partial charge in [0.2, 0.25) is 0 Å². The van der Waals surface area contributed by atoms with E-state index in [1.807, 2.05) is 0 Å². The second kappa shape index (κ2) is 18.8. The van der Waals surface area contributed by atoms with Crippen molar-refractivity contribution in [3.63, 3.8) is 0 Å². The quantitative estimate of drug-likeness (QED) is 0.177. The van der Waals surface area contributed by atoms with Gasteiger partial charge in [-0.25, -0.2) is 8.78 Å². The van der Waals surface area contributed by atoms with Crippen LogP contribution in [0, 0.1) is 57.5 Å². The van der Waals surface area contributed by atoms with Crippen molar-refractivity contribution >= 4 is 11.4 Å². The fourth-order valence-corrected chi connectivity index (χ4v) is 9.09. The average molecular weight is 729 g/mol.